The monoisotopic (exact) mass is 266 g/mol. The van der Waals surface area contributed by atoms with E-state index in [1.54, 1.807) is 39.8 Å². The van der Waals surface area contributed by atoms with Crippen LogP contribution < -0.4 is 10.6 Å². The lowest BCUT2D eigenvalue weighted by atomic mass is 10.1. The van der Waals surface area contributed by atoms with Crippen LogP contribution in [0.3, 0.4) is 0 Å². The number of carbonyl (C=O) groups is 2. The van der Waals surface area contributed by atoms with Gasteiger partial charge >= 0.3 is 11.8 Å². The predicted molar refractivity (Wildman–Crippen MR) is 70.9 cm³/mol. The first-order valence-corrected chi connectivity index (χ1v) is 6.07. The van der Waals surface area contributed by atoms with Crippen LogP contribution in [0.4, 0.5) is 4.39 Å². The van der Waals surface area contributed by atoms with Crippen LogP contribution in [0.15, 0.2) is 24.3 Å². The van der Waals surface area contributed by atoms with E-state index in [2.05, 4.69) is 10.6 Å². The van der Waals surface area contributed by atoms with Crippen molar-refractivity contribution in [3.63, 3.8) is 0 Å². The third kappa shape index (κ3) is 5.07. The maximum Gasteiger partial charge on any atom is 0.309 e. The predicted octanol–water partition coefficient (Wildman–Crippen LogP) is 1.92. The lowest BCUT2D eigenvalue weighted by Gasteiger charge is -2.21. The number of rotatable bonds is 2. The van der Waals surface area contributed by atoms with Gasteiger partial charge in [-0.1, -0.05) is 12.1 Å². The summed E-state index contributed by atoms with van der Waals surface area (Å²) in [4.78, 5) is 23.3. The third-order valence-corrected chi connectivity index (χ3v) is 2.41. The van der Waals surface area contributed by atoms with Crippen LogP contribution in [0.25, 0.3) is 0 Å². The van der Waals surface area contributed by atoms with Gasteiger partial charge in [-0.3, -0.25) is 9.59 Å². The molecule has 4 nitrogen and oxygen atoms in total. The van der Waals surface area contributed by atoms with Crippen LogP contribution in [-0.2, 0) is 9.59 Å². The highest BCUT2D eigenvalue weighted by Gasteiger charge is 2.21. The first-order valence-electron chi connectivity index (χ1n) is 6.07. The average Bonchev–Trinajstić information content (AvgIpc) is 2.27. The number of nitrogens with one attached hydrogen (secondary N) is 2. The molecule has 0 aromatic heterocycles. The zero-order valence-electron chi connectivity index (χ0n) is 11.6. The first-order chi connectivity index (χ1) is 8.69. The van der Waals surface area contributed by atoms with Gasteiger partial charge in [-0.2, -0.15) is 0 Å². The topological polar surface area (TPSA) is 58.2 Å². The second-order valence-corrected chi connectivity index (χ2v) is 5.45. The Morgan fingerprint density at radius 1 is 1.11 bits per heavy atom. The summed E-state index contributed by atoms with van der Waals surface area (Å²) in [5.74, 6) is -1.72. The summed E-state index contributed by atoms with van der Waals surface area (Å²) >= 11 is 0. The summed E-state index contributed by atoms with van der Waals surface area (Å²) < 4.78 is 12.8. The molecule has 0 radical (unpaired) electrons. The summed E-state index contributed by atoms with van der Waals surface area (Å²) in [5, 5.41) is 5.14. The lowest BCUT2D eigenvalue weighted by Crippen LogP contribution is -2.48. The van der Waals surface area contributed by atoms with Gasteiger partial charge in [0, 0.05) is 5.54 Å². The van der Waals surface area contributed by atoms with E-state index < -0.39 is 17.4 Å². The molecule has 104 valence electrons. The van der Waals surface area contributed by atoms with E-state index in [0.29, 0.717) is 0 Å². The first kappa shape index (κ1) is 15.1. The standard InChI is InChI=1S/C14H19FN2O2/c1-9(10-5-7-11(15)8-6-10)16-12(18)13(19)17-14(2,3)4/h5-9H,1-4H3,(H,16,18)(H,17,19)/t9-/m1/s1. The third-order valence-electron chi connectivity index (χ3n) is 2.41. The Balaban J connectivity index is 2.61. The van der Waals surface area contributed by atoms with E-state index >= 15 is 0 Å². The number of hydrogen-bond donors (Lipinski definition) is 2. The molecule has 0 aliphatic heterocycles. The van der Waals surface area contributed by atoms with Crippen molar-refractivity contribution in [2.75, 3.05) is 0 Å². The van der Waals surface area contributed by atoms with Gasteiger partial charge in [0.25, 0.3) is 0 Å². The fourth-order valence-corrected chi connectivity index (χ4v) is 1.49. The molecular formula is C14H19FN2O2. The van der Waals surface area contributed by atoms with Crippen LogP contribution in [0.2, 0.25) is 0 Å². The minimum Gasteiger partial charge on any atom is -0.343 e. The van der Waals surface area contributed by atoms with Gasteiger partial charge in [0.1, 0.15) is 5.82 Å². The van der Waals surface area contributed by atoms with Gasteiger partial charge in [0.2, 0.25) is 0 Å². The van der Waals surface area contributed by atoms with Crippen molar-refractivity contribution in [2.45, 2.75) is 39.3 Å². The lowest BCUT2D eigenvalue weighted by molar-refractivity contribution is -0.140. The van der Waals surface area contributed by atoms with E-state index in [9.17, 15) is 14.0 Å². The molecule has 19 heavy (non-hydrogen) atoms. The van der Waals surface area contributed by atoms with Crippen molar-refractivity contribution in [2.24, 2.45) is 0 Å². The summed E-state index contributed by atoms with van der Waals surface area (Å²) in [6.07, 6.45) is 0. The number of halogens is 1. The van der Waals surface area contributed by atoms with Crippen LogP contribution in [0.5, 0.6) is 0 Å². The molecule has 1 aromatic rings. The molecule has 2 N–H and O–H groups in total. The Labute approximate surface area is 112 Å². The molecule has 0 bridgehead atoms. The molecule has 0 fully saturated rings. The molecule has 1 atom stereocenters. The second-order valence-electron chi connectivity index (χ2n) is 5.45. The van der Waals surface area contributed by atoms with Gasteiger partial charge in [-0.05, 0) is 45.4 Å². The molecular weight excluding hydrogens is 247 g/mol. The minimum absolute atomic E-state index is 0.340. The molecule has 0 heterocycles. The Hall–Kier alpha value is -1.91. The SMILES string of the molecule is C[C@@H](NC(=O)C(=O)NC(C)(C)C)c1ccc(F)cc1. The molecule has 5 heteroatoms. The number of benzene rings is 1. The molecule has 0 aliphatic carbocycles. The van der Waals surface area contributed by atoms with Gasteiger partial charge in [-0.15, -0.1) is 0 Å². The summed E-state index contributed by atoms with van der Waals surface area (Å²) in [7, 11) is 0. The number of amides is 2. The van der Waals surface area contributed by atoms with E-state index in [1.165, 1.54) is 12.1 Å². The Kier molecular flexibility index (Phi) is 4.64. The zero-order chi connectivity index (χ0) is 14.6. The second kappa shape index (κ2) is 5.82. The summed E-state index contributed by atoms with van der Waals surface area (Å²) in [5.41, 5.74) is 0.270. The largest absolute Gasteiger partial charge is 0.343 e. The minimum atomic E-state index is -0.702. The number of carbonyl (C=O) groups excluding carboxylic acids is 2. The van der Waals surface area contributed by atoms with Crippen LogP contribution in [-0.4, -0.2) is 17.4 Å². The molecule has 0 saturated heterocycles. The van der Waals surface area contributed by atoms with E-state index in [0.717, 1.165) is 5.56 Å². The molecule has 0 spiro atoms. The highest BCUT2D eigenvalue weighted by atomic mass is 19.1. The molecule has 2 amide bonds. The van der Waals surface area contributed by atoms with Crippen molar-refractivity contribution in [3.8, 4) is 0 Å². The van der Waals surface area contributed by atoms with Crippen molar-refractivity contribution < 1.29 is 14.0 Å². The summed E-state index contributed by atoms with van der Waals surface area (Å²) in [6, 6.07) is 5.41. The quantitative estimate of drug-likeness (QED) is 0.803. The maximum atomic E-state index is 12.8. The van der Waals surface area contributed by atoms with Gasteiger partial charge in [0.05, 0.1) is 6.04 Å². The van der Waals surface area contributed by atoms with Crippen molar-refractivity contribution in [1.29, 1.82) is 0 Å². The van der Waals surface area contributed by atoms with Gasteiger partial charge in [0.15, 0.2) is 0 Å². The number of hydrogen-bond acceptors (Lipinski definition) is 2. The fraction of sp³-hybridized carbons (Fsp3) is 0.429. The van der Waals surface area contributed by atoms with Crippen molar-refractivity contribution in [3.05, 3.63) is 35.6 Å². The van der Waals surface area contributed by atoms with Crippen LogP contribution in [0.1, 0.15) is 39.3 Å². The van der Waals surface area contributed by atoms with Crippen LogP contribution in [0, 0.1) is 5.82 Å². The van der Waals surface area contributed by atoms with E-state index in [1.807, 2.05) is 0 Å². The molecule has 0 unspecified atom stereocenters. The zero-order valence-corrected chi connectivity index (χ0v) is 11.6. The highest BCUT2D eigenvalue weighted by Crippen LogP contribution is 2.12. The van der Waals surface area contributed by atoms with Gasteiger partial charge in [-0.25, -0.2) is 4.39 Å². The fourth-order valence-electron chi connectivity index (χ4n) is 1.49. The Morgan fingerprint density at radius 3 is 2.11 bits per heavy atom. The van der Waals surface area contributed by atoms with E-state index in [4.69, 9.17) is 0 Å². The molecule has 1 rings (SSSR count). The Morgan fingerprint density at radius 2 is 1.63 bits per heavy atom. The Bertz CT molecular complexity index is 463. The van der Waals surface area contributed by atoms with E-state index in [-0.39, 0.29) is 11.9 Å². The average molecular weight is 266 g/mol. The van der Waals surface area contributed by atoms with Crippen molar-refractivity contribution >= 4 is 11.8 Å². The molecule has 0 aliphatic rings. The molecule has 0 saturated carbocycles. The van der Waals surface area contributed by atoms with Gasteiger partial charge < -0.3 is 10.6 Å². The maximum absolute atomic E-state index is 12.8. The summed E-state index contributed by atoms with van der Waals surface area (Å²) in [6.45, 7) is 7.11. The van der Waals surface area contributed by atoms with Crippen molar-refractivity contribution in [1.82, 2.24) is 10.6 Å². The van der Waals surface area contributed by atoms with Crippen LogP contribution >= 0.6 is 0 Å². The normalized spacial score (nSPS) is 12.7. The highest BCUT2D eigenvalue weighted by molar-refractivity contribution is 6.35. The molecule has 1 aromatic carbocycles. The smallest absolute Gasteiger partial charge is 0.309 e.